The van der Waals surface area contributed by atoms with Crippen LogP contribution in [-0.2, 0) is 0 Å². The maximum atomic E-state index is 1.61. The summed E-state index contributed by atoms with van der Waals surface area (Å²) in [6, 6.07) is 0. The Hall–Kier alpha value is 0.730. The van der Waals surface area contributed by atoms with Gasteiger partial charge in [-0.3, -0.25) is 0 Å². The molecular formula is C9H18I-. The summed E-state index contributed by atoms with van der Waals surface area (Å²) in [5, 5.41) is 0. The molecule has 0 atom stereocenters. The minimum atomic E-state index is 0.640. The fourth-order valence-corrected chi connectivity index (χ4v) is 4.05. The third kappa shape index (κ3) is 4.53. The third-order valence-electron chi connectivity index (χ3n) is 2.03. The van der Waals surface area contributed by atoms with E-state index in [9.17, 15) is 0 Å². The van der Waals surface area contributed by atoms with Crippen LogP contribution in [0.4, 0.5) is 0 Å². The van der Waals surface area contributed by atoms with Gasteiger partial charge in [-0.1, -0.05) is 0 Å². The molecule has 0 spiro atoms. The van der Waals surface area contributed by atoms with Crippen LogP contribution in [0, 0.1) is 0 Å². The molecule has 0 aromatic heterocycles. The van der Waals surface area contributed by atoms with Crippen LogP contribution < -0.4 is 21.2 Å². The van der Waals surface area contributed by atoms with E-state index < -0.39 is 0 Å². The molecule has 1 fully saturated rings. The Morgan fingerprint density at radius 2 is 0.900 bits per heavy atom. The van der Waals surface area contributed by atoms with Gasteiger partial charge in [-0.15, -0.1) is 0 Å². The zero-order chi connectivity index (χ0) is 7.07. The predicted molar refractivity (Wildman–Crippen MR) is 42.1 cm³/mol. The average Bonchev–Trinajstić information content (AvgIpc) is 2.01. The van der Waals surface area contributed by atoms with Gasteiger partial charge in [-0.2, -0.15) is 0 Å². The van der Waals surface area contributed by atoms with Crippen molar-refractivity contribution < 1.29 is 21.2 Å². The Bertz CT molecular complexity index is 37.9. The van der Waals surface area contributed by atoms with Gasteiger partial charge in [-0.25, -0.2) is 0 Å². The number of hydrogen-bond donors (Lipinski definition) is 0. The summed E-state index contributed by atoms with van der Waals surface area (Å²) in [7, 11) is 0. The van der Waals surface area contributed by atoms with E-state index in [1.807, 2.05) is 0 Å². The van der Waals surface area contributed by atoms with Gasteiger partial charge in [0, 0.05) is 0 Å². The molecule has 1 saturated heterocycles. The predicted octanol–water partition coefficient (Wildman–Crippen LogP) is -0.180. The van der Waals surface area contributed by atoms with Gasteiger partial charge in [0.2, 0.25) is 0 Å². The fourth-order valence-electron chi connectivity index (χ4n) is 1.36. The third-order valence-corrected chi connectivity index (χ3v) is 5.09. The van der Waals surface area contributed by atoms with Crippen LogP contribution in [-0.4, -0.2) is 8.86 Å². The molecule has 0 bridgehead atoms. The Labute approximate surface area is 75.0 Å². The zero-order valence-corrected chi connectivity index (χ0v) is 8.90. The van der Waals surface area contributed by atoms with Crippen LogP contribution in [0.3, 0.4) is 0 Å². The van der Waals surface area contributed by atoms with Crippen molar-refractivity contribution in [3.63, 3.8) is 0 Å². The molecule has 1 heteroatoms. The van der Waals surface area contributed by atoms with E-state index in [2.05, 4.69) is 0 Å². The van der Waals surface area contributed by atoms with Gasteiger partial charge < -0.3 is 0 Å². The molecule has 0 amide bonds. The number of rotatable bonds is 0. The quantitative estimate of drug-likeness (QED) is 0.415. The molecular weight excluding hydrogens is 235 g/mol. The first-order chi connectivity index (χ1) is 5.00. The van der Waals surface area contributed by atoms with Crippen LogP contribution >= 0.6 is 0 Å². The summed E-state index contributed by atoms with van der Waals surface area (Å²) in [6.07, 6.45) is 10.7. The summed E-state index contributed by atoms with van der Waals surface area (Å²) < 4.78 is 3.22. The van der Waals surface area contributed by atoms with Crippen molar-refractivity contribution in [2.24, 2.45) is 0 Å². The van der Waals surface area contributed by atoms with Crippen LogP contribution in [0.2, 0.25) is 0 Å². The second kappa shape index (κ2) is 6.44. The van der Waals surface area contributed by atoms with E-state index in [4.69, 9.17) is 0 Å². The molecule has 0 unspecified atom stereocenters. The summed E-state index contributed by atoms with van der Waals surface area (Å²) >= 11 is 0.640. The maximum absolute atomic E-state index is 1.61. The first-order valence-electron chi connectivity index (χ1n) is 4.53. The Morgan fingerprint density at radius 3 is 1.40 bits per heavy atom. The van der Waals surface area contributed by atoms with Crippen molar-refractivity contribution in [1.82, 2.24) is 0 Å². The normalized spacial score (nSPS) is 24.8. The van der Waals surface area contributed by atoms with E-state index in [1.165, 1.54) is 32.1 Å². The molecule has 0 N–H and O–H groups in total. The van der Waals surface area contributed by atoms with Crippen molar-refractivity contribution in [3.05, 3.63) is 0 Å². The molecule has 0 aliphatic carbocycles. The standard InChI is InChI=1S/C9H18I/c1-2-4-6-8-10-9-7-5-3-1/h1-9H2/q-1. The molecule has 10 heavy (non-hydrogen) atoms. The second-order valence-electron chi connectivity index (χ2n) is 3.04. The fraction of sp³-hybridized carbons (Fsp3) is 1.00. The summed E-state index contributed by atoms with van der Waals surface area (Å²) in [5.74, 6) is 0. The number of halogens is 1. The van der Waals surface area contributed by atoms with Crippen molar-refractivity contribution in [2.45, 2.75) is 44.9 Å². The molecule has 1 rings (SSSR count). The summed E-state index contributed by atoms with van der Waals surface area (Å²) in [5.41, 5.74) is 0. The SMILES string of the molecule is C1CCCC[I-]CCCC1. The van der Waals surface area contributed by atoms with Crippen LogP contribution in [0.1, 0.15) is 44.9 Å². The van der Waals surface area contributed by atoms with E-state index >= 15 is 0 Å². The Morgan fingerprint density at radius 1 is 0.500 bits per heavy atom. The zero-order valence-electron chi connectivity index (χ0n) is 6.74. The molecule has 0 aromatic carbocycles. The molecule has 62 valence electrons. The average molecular weight is 253 g/mol. The summed E-state index contributed by atoms with van der Waals surface area (Å²) in [4.78, 5) is 0. The van der Waals surface area contributed by atoms with Gasteiger partial charge in [0.15, 0.2) is 0 Å². The number of hydrogen-bond acceptors (Lipinski definition) is 0. The molecule has 0 aromatic rings. The van der Waals surface area contributed by atoms with Crippen LogP contribution in [0.5, 0.6) is 0 Å². The first-order valence-corrected chi connectivity index (χ1v) is 7.59. The molecule has 1 heterocycles. The van der Waals surface area contributed by atoms with Crippen molar-refractivity contribution in [1.29, 1.82) is 0 Å². The molecule has 1 aliphatic heterocycles. The van der Waals surface area contributed by atoms with Gasteiger partial charge in [0.25, 0.3) is 0 Å². The first kappa shape index (κ1) is 8.82. The van der Waals surface area contributed by atoms with Crippen LogP contribution in [0.15, 0.2) is 0 Å². The monoisotopic (exact) mass is 253 g/mol. The molecule has 0 radical (unpaired) electrons. The Balaban J connectivity index is 2.00. The molecule has 0 saturated carbocycles. The molecule has 0 nitrogen and oxygen atoms in total. The minimum absolute atomic E-state index is 0.640. The number of alkyl halides is 2. The van der Waals surface area contributed by atoms with Crippen molar-refractivity contribution >= 4 is 0 Å². The van der Waals surface area contributed by atoms with Gasteiger partial charge >= 0.3 is 75.0 Å². The van der Waals surface area contributed by atoms with Gasteiger partial charge in [0.1, 0.15) is 0 Å². The van der Waals surface area contributed by atoms with Crippen LogP contribution in [0.25, 0.3) is 0 Å². The van der Waals surface area contributed by atoms with E-state index in [1.54, 1.807) is 21.7 Å². The topological polar surface area (TPSA) is 0 Å². The Kier molecular flexibility index (Phi) is 5.68. The molecule has 1 aliphatic rings. The van der Waals surface area contributed by atoms with Crippen molar-refractivity contribution in [2.75, 3.05) is 8.86 Å². The van der Waals surface area contributed by atoms with Gasteiger partial charge in [0.05, 0.1) is 0 Å². The van der Waals surface area contributed by atoms with E-state index in [-0.39, 0.29) is 0 Å². The van der Waals surface area contributed by atoms with Gasteiger partial charge in [-0.05, 0) is 0 Å². The van der Waals surface area contributed by atoms with Crippen molar-refractivity contribution in [3.8, 4) is 0 Å². The second-order valence-corrected chi connectivity index (χ2v) is 6.28. The van der Waals surface area contributed by atoms with E-state index in [0.29, 0.717) is 21.2 Å². The van der Waals surface area contributed by atoms with E-state index in [0.717, 1.165) is 0 Å². The summed E-state index contributed by atoms with van der Waals surface area (Å²) in [6.45, 7) is 0.